The zero-order valence-corrected chi connectivity index (χ0v) is 14.4. The highest BCUT2D eigenvalue weighted by Gasteiger charge is 2.70. The van der Waals surface area contributed by atoms with Crippen LogP contribution in [0.2, 0.25) is 0 Å². The van der Waals surface area contributed by atoms with Gasteiger partial charge < -0.3 is 15.2 Å². The van der Waals surface area contributed by atoms with Crippen molar-refractivity contribution in [2.45, 2.75) is 82.8 Å². The molecule has 1 spiro atoms. The van der Waals surface area contributed by atoms with Crippen LogP contribution in [0.3, 0.4) is 0 Å². The van der Waals surface area contributed by atoms with E-state index in [1.54, 1.807) is 0 Å². The highest BCUT2D eigenvalue weighted by molar-refractivity contribution is 5.56. The predicted molar refractivity (Wildman–Crippen MR) is 89.7 cm³/mol. The summed E-state index contributed by atoms with van der Waals surface area (Å²) < 4.78 is 12.6. The lowest BCUT2D eigenvalue weighted by atomic mass is 9.69. The van der Waals surface area contributed by atoms with E-state index in [0.717, 1.165) is 30.4 Å². The molecule has 22 heavy (non-hydrogen) atoms. The largest absolute Gasteiger partial charge is 0.363 e. The van der Waals surface area contributed by atoms with Crippen LogP contribution in [0.15, 0.2) is 35.5 Å². The van der Waals surface area contributed by atoms with Crippen LogP contribution in [0.1, 0.15) is 53.4 Å². The average molecular weight is 303 g/mol. The summed E-state index contributed by atoms with van der Waals surface area (Å²) in [6, 6.07) is -0.0230. The standard InChI is InChI=1S/C19H29NO2/c1-7-8-9-13-12(4)16-19(22-16)10-14(20)18(5,6)21-17(19)15(13)11(2)3/h14,16-17H,2,4,7-10,20H2,1,3,5-6H3. The molecule has 0 amide bonds. The molecular formula is C19H29NO2. The van der Waals surface area contributed by atoms with Gasteiger partial charge >= 0.3 is 0 Å². The van der Waals surface area contributed by atoms with E-state index in [0.29, 0.717) is 0 Å². The quantitative estimate of drug-likeness (QED) is 0.806. The lowest BCUT2D eigenvalue weighted by molar-refractivity contribution is -0.137. The van der Waals surface area contributed by atoms with Crippen LogP contribution in [0.4, 0.5) is 0 Å². The van der Waals surface area contributed by atoms with Crippen LogP contribution in [0.25, 0.3) is 0 Å². The van der Waals surface area contributed by atoms with Crippen molar-refractivity contribution in [2.24, 2.45) is 5.73 Å². The lowest BCUT2D eigenvalue weighted by Gasteiger charge is -2.47. The van der Waals surface area contributed by atoms with Crippen LogP contribution in [-0.2, 0) is 9.47 Å². The molecule has 0 bridgehead atoms. The van der Waals surface area contributed by atoms with E-state index in [1.165, 1.54) is 17.6 Å². The van der Waals surface area contributed by atoms with E-state index in [9.17, 15) is 0 Å². The third-order valence-corrected chi connectivity index (χ3v) is 5.55. The number of hydrogen-bond acceptors (Lipinski definition) is 3. The van der Waals surface area contributed by atoms with Gasteiger partial charge in [-0.2, -0.15) is 0 Å². The summed E-state index contributed by atoms with van der Waals surface area (Å²) in [5.74, 6) is 0. The molecule has 3 heteroatoms. The molecule has 3 aliphatic rings. The minimum absolute atomic E-state index is 0.0230. The van der Waals surface area contributed by atoms with E-state index in [-0.39, 0.29) is 29.5 Å². The molecule has 2 fully saturated rings. The fourth-order valence-corrected chi connectivity index (χ4v) is 4.02. The normalized spacial score (nSPS) is 39.3. The molecular weight excluding hydrogens is 274 g/mol. The Bertz CT molecular complexity index is 560. The lowest BCUT2D eigenvalue weighted by Crippen LogP contribution is -2.60. The topological polar surface area (TPSA) is 47.8 Å². The van der Waals surface area contributed by atoms with Crippen LogP contribution in [0.5, 0.6) is 0 Å². The number of hydrogen-bond donors (Lipinski definition) is 1. The number of rotatable bonds is 4. The van der Waals surface area contributed by atoms with Gasteiger partial charge in [0.15, 0.2) is 0 Å². The number of ether oxygens (including phenoxy) is 2. The Balaban J connectivity index is 2.05. The Morgan fingerprint density at radius 1 is 1.32 bits per heavy atom. The molecule has 3 nitrogen and oxygen atoms in total. The van der Waals surface area contributed by atoms with Crippen LogP contribution in [0, 0.1) is 0 Å². The molecule has 0 aromatic rings. The Kier molecular flexibility index (Phi) is 3.67. The van der Waals surface area contributed by atoms with Crippen molar-refractivity contribution >= 4 is 0 Å². The smallest absolute Gasteiger partial charge is 0.131 e. The minimum atomic E-state index is -0.346. The molecule has 4 atom stereocenters. The maximum atomic E-state index is 6.46. The third kappa shape index (κ3) is 2.14. The van der Waals surface area contributed by atoms with Gasteiger partial charge in [-0.3, -0.25) is 0 Å². The summed E-state index contributed by atoms with van der Waals surface area (Å²) in [4.78, 5) is 0. The molecule has 122 valence electrons. The summed E-state index contributed by atoms with van der Waals surface area (Å²) in [5, 5.41) is 0. The second kappa shape index (κ2) is 5.05. The van der Waals surface area contributed by atoms with Crippen molar-refractivity contribution in [3.05, 3.63) is 35.5 Å². The van der Waals surface area contributed by atoms with Gasteiger partial charge in [0.2, 0.25) is 0 Å². The maximum Gasteiger partial charge on any atom is 0.131 e. The summed E-state index contributed by atoms with van der Waals surface area (Å²) in [6.07, 6.45) is 4.20. The Morgan fingerprint density at radius 3 is 2.59 bits per heavy atom. The molecule has 0 saturated carbocycles. The molecule has 3 rings (SSSR count). The number of nitrogens with two attached hydrogens (primary N) is 1. The summed E-state index contributed by atoms with van der Waals surface area (Å²) in [5.41, 5.74) is 10.4. The highest BCUT2D eigenvalue weighted by Crippen LogP contribution is 2.60. The first-order valence-electron chi connectivity index (χ1n) is 8.44. The first-order valence-corrected chi connectivity index (χ1v) is 8.44. The maximum absolute atomic E-state index is 6.46. The van der Waals surface area contributed by atoms with Gasteiger partial charge in [-0.05, 0) is 50.3 Å². The second-order valence-electron chi connectivity index (χ2n) is 7.67. The van der Waals surface area contributed by atoms with E-state index in [1.807, 2.05) is 0 Å². The summed E-state index contributed by atoms with van der Waals surface area (Å²) in [6.45, 7) is 17.0. The van der Waals surface area contributed by atoms with Crippen molar-refractivity contribution in [2.75, 3.05) is 0 Å². The molecule has 2 aliphatic heterocycles. The third-order valence-electron chi connectivity index (χ3n) is 5.55. The van der Waals surface area contributed by atoms with Crippen molar-refractivity contribution < 1.29 is 9.47 Å². The van der Waals surface area contributed by atoms with Crippen molar-refractivity contribution in [3.63, 3.8) is 0 Å². The van der Waals surface area contributed by atoms with Gasteiger partial charge in [-0.1, -0.05) is 32.1 Å². The summed E-state index contributed by atoms with van der Waals surface area (Å²) >= 11 is 0. The zero-order chi connectivity index (χ0) is 16.3. The fourth-order valence-electron chi connectivity index (χ4n) is 4.02. The average Bonchev–Trinajstić information content (AvgIpc) is 3.14. The molecule has 2 saturated heterocycles. The minimum Gasteiger partial charge on any atom is -0.363 e. The van der Waals surface area contributed by atoms with Gasteiger partial charge in [-0.15, -0.1) is 0 Å². The SMILES string of the molecule is C=C(C)C1=C(CCCC)C(=C)C2OC23CC(N)C(C)(C)OC13. The Labute approximate surface area is 134 Å². The molecule has 2 heterocycles. The van der Waals surface area contributed by atoms with E-state index < -0.39 is 0 Å². The summed E-state index contributed by atoms with van der Waals surface area (Å²) in [7, 11) is 0. The van der Waals surface area contributed by atoms with E-state index in [2.05, 4.69) is 40.9 Å². The van der Waals surface area contributed by atoms with Crippen LogP contribution >= 0.6 is 0 Å². The fraction of sp³-hybridized carbons (Fsp3) is 0.684. The van der Waals surface area contributed by atoms with E-state index in [4.69, 9.17) is 15.2 Å². The van der Waals surface area contributed by atoms with Gasteiger partial charge in [0, 0.05) is 12.5 Å². The Morgan fingerprint density at radius 2 is 2.00 bits per heavy atom. The molecule has 4 unspecified atom stereocenters. The van der Waals surface area contributed by atoms with Gasteiger partial charge in [0.1, 0.15) is 17.8 Å². The van der Waals surface area contributed by atoms with Gasteiger partial charge in [-0.25, -0.2) is 0 Å². The van der Waals surface area contributed by atoms with Gasteiger partial charge in [0.05, 0.1) is 5.60 Å². The first kappa shape index (κ1) is 16.0. The number of epoxide rings is 1. The Hall–Kier alpha value is -0.900. The van der Waals surface area contributed by atoms with Gasteiger partial charge in [0.25, 0.3) is 0 Å². The van der Waals surface area contributed by atoms with Crippen molar-refractivity contribution in [1.82, 2.24) is 0 Å². The molecule has 1 aliphatic carbocycles. The monoisotopic (exact) mass is 303 g/mol. The number of unbranched alkanes of at least 4 members (excludes halogenated alkanes) is 1. The molecule has 0 aromatic heterocycles. The molecule has 0 aromatic carbocycles. The predicted octanol–water partition coefficient (Wildman–Crippen LogP) is 3.65. The first-order chi connectivity index (χ1) is 10.2. The van der Waals surface area contributed by atoms with E-state index >= 15 is 0 Å². The highest BCUT2D eigenvalue weighted by atomic mass is 16.6. The van der Waals surface area contributed by atoms with Crippen molar-refractivity contribution in [3.8, 4) is 0 Å². The molecule has 0 radical (unpaired) electrons. The van der Waals surface area contributed by atoms with Crippen LogP contribution < -0.4 is 5.73 Å². The van der Waals surface area contributed by atoms with Crippen molar-refractivity contribution in [1.29, 1.82) is 0 Å². The van der Waals surface area contributed by atoms with Crippen LogP contribution in [-0.4, -0.2) is 29.5 Å². The second-order valence-corrected chi connectivity index (χ2v) is 7.67. The zero-order valence-electron chi connectivity index (χ0n) is 14.4. The molecule has 2 N–H and O–H groups in total.